The molecule has 0 unspecified atom stereocenters. The molecule has 3 aromatic rings. The summed E-state index contributed by atoms with van der Waals surface area (Å²) in [6.45, 7) is 3.72. The highest BCUT2D eigenvalue weighted by molar-refractivity contribution is 7.89. The normalized spacial score (nSPS) is 16.4. The van der Waals surface area contributed by atoms with Crippen molar-refractivity contribution in [2.45, 2.75) is 11.8 Å². The Labute approximate surface area is 145 Å². The number of pyridine rings is 1. The van der Waals surface area contributed by atoms with E-state index in [1.807, 2.05) is 22.4 Å². The van der Waals surface area contributed by atoms with Gasteiger partial charge in [0.1, 0.15) is 10.7 Å². The molecule has 3 aromatic heterocycles. The fourth-order valence-electron chi connectivity index (χ4n) is 2.94. The monoisotopic (exact) mass is 359 g/mol. The van der Waals surface area contributed by atoms with Gasteiger partial charge in [0.2, 0.25) is 15.7 Å². The predicted molar refractivity (Wildman–Crippen MR) is 90.7 cm³/mol. The van der Waals surface area contributed by atoms with Crippen molar-refractivity contribution in [1.29, 1.82) is 0 Å². The van der Waals surface area contributed by atoms with Crippen LogP contribution in [0.5, 0.6) is 0 Å². The number of nitrogens with zero attached hydrogens (tertiary/aromatic N) is 7. The predicted octanol–water partition coefficient (Wildman–Crippen LogP) is 0.339. The molecule has 0 N–H and O–H groups in total. The van der Waals surface area contributed by atoms with E-state index in [-0.39, 0.29) is 4.90 Å². The molecule has 4 heterocycles. The van der Waals surface area contributed by atoms with Crippen molar-refractivity contribution in [3.05, 3.63) is 42.7 Å². The van der Waals surface area contributed by atoms with Crippen LogP contribution in [0.4, 0.5) is 5.82 Å². The second kappa shape index (κ2) is 6.05. The molecule has 0 bridgehead atoms. The summed E-state index contributed by atoms with van der Waals surface area (Å²) in [4.78, 5) is 10.6. The van der Waals surface area contributed by atoms with E-state index in [1.54, 1.807) is 24.5 Å². The molecule has 10 heteroatoms. The van der Waals surface area contributed by atoms with Gasteiger partial charge in [-0.15, -0.1) is 10.2 Å². The molecule has 9 nitrogen and oxygen atoms in total. The van der Waals surface area contributed by atoms with Crippen LogP contribution in [-0.4, -0.2) is 63.5 Å². The van der Waals surface area contributed by atoms with Gasteiger partial charge >= 0.3 is 0 Å². The van der Waals surface area contributed by atoms with Gasteiger partial charge < -0.3 is 4.90 Å². The molecular formula is C15H17N7O2S. The van der Waals surface area contributed by atoms with Gasteiger partial charge in [0.25, 0.3) is 0 Å². The minimum Gasteiger partial charge on any atom is -0.351 e. The number of sulfonamides is 1. The number of hydrogen-bond acceptors (Lipinski definition) is 7. The van der Waals surface area contributed by atoms with Crippen LogP contribution in [0.15, 0.2) is 41.8 Å². The Morgan fingerprint density at radius 1 is 1.08 bits per heavy atom. The lowest BCUT2D eigenvalue weighted by atomic mass is 10.3. The molecule has 130 valence electrons. The summed E-state index contributed by atoms with van der Waals surface area (Å²) in [5.41, 5.74) is 0.684. The van der Waals surface area contributed by atoms with Crippen LogP contribution < -0.4 is 4.90 Å². The van der Waals surface area contributed by atoms with Crippen LogP contribution in [-0.2, 0) is 10.0 Å². The standard InChI is InChI=1S/C15H17N7O2S/c1-12-18-19-15-14(17-5-6-22(12)15)20-7-9-21(10-8-20)25(23,24)13-3-2-4-16-11-13/h2-6,11H,7-10H2,1H3. The molecule has 1 fully saturated rings. The third-order valence-corrected chi connectivity index (χ3v) is 6.17. The second-order valence-electron chi connectivity index (χ2n) is 5.77. The lowest BCUT2D eigenvalue weighted by Gasteiger charge is -2.34. The van der Waals surface area contributed by atoms with E-state index in [0.29, 0.717) is 31.8 Å². The molecule has 1 aliphatic rings. The third kappa shape index (κ3) is 2.72. The molecule has 0 saturated carbocycles. The highest BCUT2D eigenvalue weighted by atomic mass is 32.2. The van der Waals surface area contributed by atoms with Gasteiger partial charge in [0.15, 0.2) is 5.82 Å². The number of hydrogen-bond donors (Lipinski definition) is 0. The highest BCUT2D eigenvalue weighted by Crippen LogP contribution is 2.22. The fourth-order valence-corrected chi connectivity index (χ4v) is 4.33. The van der Waals surface area contributed by atoms with Crippen molar-refractivity contribution in [3.8, 4) is 0 Å². The van der Waals surface area contributed by atoms with E-state index in [9.17, 15) is 8.42 Å². The summed E-state index contributed by atoms with van der Waals surface area (Å²) in [6.07, 6.45) is 6.46. The molecule has 0 radical (unpaired) electrons. The van der Waals surface area contributed by atoms with Crippen molar-refractivity contribution in [3.63, 3.8) is 0 Å². The number of aromatic nitrogens is 5. The SMILES string of the molecule is Cc1nnc2c(N3CCN(S(=O)(=O)c4cccnc4)CC3)nccn12. The molecule has 25 heavy (non-hydrogen) atoms. The summed E-state index contributed by atoms with van der Waals surface area (Å²) < 4.78 is 28.7. The first-order valence-electron chi connectivity index (χ1n) is 7.89. The van der Waals surface area contributed by atoms with Gasteiger partial charge in [-0.05, 0) is 19.1 Å². The number of piperazine rings is 1. The van der Waals surface area contributed by atoms with Gasteiger partial charge in [-0.2, -0.15) is 4.31 Å². The van der Waals surface area contributed by atoms with Crippen LogP contribution in [0.1, 0.15) is 5.82 Å². The topological polar surface area (TPSA) is 96.6 Å². The summed E-state index contributed by atoms with van der Waals surface area (Å²) in [7, 11) is -3.52. The lowest BCUT2D eigenvalue weighted by molar-refractivity contribution is 0.384. The first-order valence-corrected chi connectivity index (χ1v) is 9.33. The van der Waals surface area contributed by atoms with Crippen LogP contribution in [0.3, 0.4) is 0 Å². The van der Waals surface area contributed by atoms with Crippen molar-refractivity contribution in [2.24, 2.45) is 0 Å². The maximum Gasteiger partial charge on any atom is 0.244 e. The van der Waals surface area contributed by atoms with Gasteiger partial charge in [-0.3, -0.25) is 9.38 Å². The quantitative estimate of drug-likeness (QED) is 0.665. The van der Waals surface area contributed by atoms with E-state index in [0.717, 1.165) is 11.6 Å². The molecule has 0 spiro atoms. The first kappa shape index (κ1) is 15.9. The van der Waals surface area contributed by atoms with Crippen molar-refractivity contribution >= 4 is 21.5 Å². The van der Waals surface area contributed by atoms with Crippen LogP contribution >= 0.6 is 0 Å². The maximum absolute atomic E-state index is 12.7. The zero-order valence-corrected chi connectivity index (χ0v) is 14.5. The molecule has 0 aliphatic carbocycles. The Morgan fingerprint density at radius 3 is 2.60 bits per heavy atom. The molecule has 1 saturated heterocycles. The van der Waals surface area contributed by atoms with Crippen LogP contribution in [0, 0.1) is 6.92 Å². The Balaban J connectivity index is 1.55. The molecule has 0 aromatic carbocycles. The lowest BCUT2D eigenvalue weighted by Crippen LogP contribution is -2.49. The Kier molecular flexibility index (Phi) is 3.85. The molecule has 0 atom stereocenters. The van der Waals surface area contributed by atoms with Gasteiger partial charge in [0, 0.05) is 51.0 Å². The fraction of sp³-hybridized carbons (Fsp3) is 0.333. The second-order valence-corrected chi connectivity index (χ2v) is 7.71. The third-order valence-electron chi connectivity index (χ3n) is 4.29. The molecule has 4 rings (SSSR count). The largest absolute Gasteiger partial charge is 0.351 e. The molecule has 1 aliphatic heterocycles. The zero-order valence-electron chi connectivity index (χ0n) is 13.6. The minimum atomic E-state index is -3.52. The average Bonchev–Trinajstić information content (AvgIpc) is 3.04. The van der Waals surface area contributed by atoms with E-state index >= 15 is 0 Å². The summed E-state index contributed by atoms with van der Waals surface area (Å²) in [5.74, 6) is 1.51. The van der Waals surface area contributed by atoms with E-state index in [2.05, 4.69) is 20.2 Å². The molecular weight excluding hydrogens is 342 g/mol. The highest BCUT2D eigenvalue weighted by Gasteiger charge is 2.29. The Morgan fingerprint density at radius 2 is 1.88 bits per heavy atom. The van der Waals surface area contributed by atoms with E-state index in [4.69, 9.17) is 0 Å². The van der Waals surface area contributed by atoms with Crippen molar-refractivity contribution in [1.82, 2.24) is 28.9 Å². The van der Waals surface area contributed by atoms with Crippen LogP contribution in [0.2, 0.25) is 0 Å². The van der Waals surface area contributed by atoms with Crippen molar-refractivity contribution in [2.75, 3.05) is 31.1 Å². The average molecular weight is 359 g/mol. The Bertz CT molecular complexity index is 995. The molecule has 0 amide bonds. The first-order chi connectivity index (χ1) is 12.1. The van der Waals surface area contributed by atoms with Gasteiger partial charge in [-0.1, -0.05) is 0 Å². The van der Waals surface area contributed by atoms with Crippen molar-refractivity contribution < 1.29 is 8.42 Å². The van der Waals surface area contributed by atoms with Gasteiger partial charge in [0.05, 0.1) is 0 Å². The number of rotatable bonds is 3. The minimum absolute atomic E-state index is 0.219. The number of anilines is 1. The van der Waals surface area contributed by atoms with Gasteiger partial charge in [-0.25, -0.2) is 13.4 Å². The van der Waals surface area contributed by atoms with Crippen LogP contribution in [0.25, 0.3) is 5.65 Å². The maximum atomic E-state index is 12.7. The summed E-state index contributed by atoms with van der Waals surface area (Å²) >= 11 is 0. The summed E-state index contributed by atoms with van der Waals surface area (Å²) in [6, 6.07) is 3.19. The zero-order chi connectivity index (χ0) is 17.4. The van der Waals surface area contributed by atoms with E-state index in [1.165, 1.54) is 10.5 Å². The number of fused-ring (bicyclic) bond motifs is 1. The Hall–Kier alpha value is -2.59. The number of aryl methyl sites for hydroxylation is 1. The smallest absolute Gasteiger partial charge is 0.244 e. The van der Waals surface area contributed by atoms with E-state index < -0.39 is 10.0 Å². The summed E-state index contributed by atoms with van der Waals surface area (Å²) in [5, 5.41) is 8.26.